The molecule has 5 rings (SSSR count). The summed E-state index contributed by atoms with van der Waals surface area (Å²) < 4.78 is 0. The Morgan fingerprint density at radius 2 is 1.84 bits per heavy atom. The first-order valence-corrected chi connectivity index (χ1v) is 12.8. The maximum Gasteiger partial charge on any atom is 0.239 e. The van der Waals surface area contributed by atoms with E-state index in [1.807, 2.05) is 0 Å². The van der Waals surface area contributed by atoms with Crippen LogP contribution in [-0.2, 0) is 11.2 Å². The molecule has 1 saturated carbocycles. The van der Waals surface area contributed by atoms with Gasteiger partial charge in [0.1, 0.15) is 0 Å². The minimum Gasteiger partial charge on any atom is -0.357 e. The van der Waals surface area contributed by atoms with Crippen LogP contribution in [0.15, 0.2) is 29.3 Å². The highest BCUT2D eigenvalue weighted by Gasteiger charge is 2.52. The highest BCUT2D eigenvalue weighted by molar-refractivity contribution is 5.82. The van der Waals surface area contributed by atoms with Gasteiger partial charge in [0.2, 0.25) is 5.91 Å². The van der Waals surface area contributed by atoms with E-state index in [0.717, 1.165) is 83.0 Å². The van der Waals surface area contributed by atoms with E-state index in [0.29, 0.717) is 11.8 Å². The minimum absolute atomic E-state index is 0.00979. The number of aryl methyl sites for hydroxylation is 1. The highest BCUT2D eigenvalue weighted by Crippen LogP contribution is 2.59. The van der Waals surface area contributed by atoms with E-state index in [2.05, 4.69) is 58.1 Å². The number of guanidine groups is 1. The number of hydrogen-bond donors (Lipinski definition) is 1. The molecule has 4 aliphatic rings. The Kier molecular flexibility index (Phi) is 6.40. The van der Waals surface area contributed by atoms with Crippen molar-refractivity contribution >= 4 is 11.9 Å². The van der Waals surface area contributed by atoms with Gasteiger partial charge in [0.05, 0.1) is 6.04 Å². The average molecular weight is 438 g/mol. The van der Waals surface area contributed by atoms with Crippen LogP contribution in [0.4, 0.5) is 0 Å². The predicted molar refractivity (Wildman–Crippen MR) is 129 cm³/mol. The van der Waals surface area contributed by atoms with Crippen molar-refractivity contribution in [2.24, 2.45) is 16.8 Å². The van der Waals surface area contributed by atoms with Crippen LogP contribution < -0.4 is 5.32 Å². The molecule has 1 aromatic carbocycles. The van der Waals surface area contributed by atoms with Crippen molar-refractivity contribution in [1.29, 1.82) is 0 Å². The Morgan fingerprint density at radius 3 is 2.59 bits per heavy atom. The molecular weight excluding hydrogens is 398 g/mol. The van der Waals surface area contributed by atoms with Crippen LogP contribution >= 0.6 is 0 Å². The van der Waals surface area contributed by atoms with Crippen molar-refractivity contribution in [1.82, 2.24) is 20.0 Å². The number of nitrogens with zero attached hydrogens (tertiary/aromatic N) is 4. The standard InChI is InChI=1S/C26H39N5O/c1-3-27-26(28-18-23-22-11-10-20-8-4-5-9-21(20)24(22)23)31-16-14-29(15-17-31)19(2)25(32)30-12-6-7-13-30/h4-5,8-9,19,22-24H,3,6-7,10-18H2,1-2H3,(H,27,28). The number of aliphatic imine (C=N–C) groups is 1. The van der Waals surface area contributed by atoms with Gasteiger partial charge in [0.25, 0.3) is 0 Å². The first-order chi connectivity index (χ1) is 15.7. The largest absolute Gasteiger partial charge is 0.357 e. The fourth-order valence-electron chi connectivity index (χ4n) is 6.25. The SMILES string of the molecule is CCNC(=NCC1C2CCc3ccccc3C21)N1CCN(C(C)C(=O)N2CCCC2)CC1. The van der Waals surface area contributed by atoms with Gasteiger partial charge >= 0.3 is 0 Å². The fraction of sp³-hybridized carbons (Fsp3) is 0.692. The summed E-state index contributed by atoms with van der Waals surface area (Å²) in [6, 6.07) is 9.01. The molecule has 2 saturated heterocycles. The molecular formula is C26H39N5O. The van der Waals surface area contributed by atoms with E-state index >= 15 is 0 Å². The van der Waals surface area contributed by atoms with E-state index in [1.165, 1.54) is 12.8 Å². The third-order valence-electron chi connectivity index (χ3n) is 8.22. The van der Waals surface area contributed by atoms with Gasteiger partial charge in [-0.2, -0.15) is 0 Å². The van der Waals surface area contributed by atoms with E-state index in [-0.39, 0.29) is 6.04 Å². The molecule has 0 bridgehead atoms. The molecule has 174 valence electrons. The van der Waals surface area contributed by atoms with Crippen molar-refractivity contribution in [2.45, 2.75) is 51.5 Å². The van der Waals surface area contributed by atoms with Crippen LogP contribution in [0, 0.1) is 11.8 Å². The van der Waals surface area contributed by atoms with Gasteiger partial charge in [-0.25, -0.2) is 0 Å². The minimum atomic E-state index is -0.00979. The van der Waals surface area contributed by atoms with Crippen LogP contribution in [0.25, 0.3) is 0 Å². The van der Waals surface area contributed by atoms with Crippen LogP contribution in [0.2, 0.25) is 0 Å². The van der Waals surface area contributed by atoms with Crippen molar-refractivity contribution < 1.29 is 4.79 Å². The highest BCUT2D eigenvalue weighted by atomic mass is 16.2. The third kappa shape index (κ3) is 4.26. The average Bonchev–Trinajstić information content (AvgIpc) is 3.27. The molecule has 4 atom stereocenters. The number of likely N-dealkylation sites (tertiary alicyclic amines) is 1. The lowest BCUT2D eigenvalue weighted by molar-refractivity contribution is -0.135. The number of hydrogen-bond acceptors (Lipinski definition) is 3. The second-order valence-electron chi connectivity index (χ2n) is 10.0. The molecule has 0 aromatic heterocycles. The van der Waals surface area contributed by atoms with E-state index in [9.17, 15) is 4.79 Å². The zero-order valence-electron chi connectivity index (χ0n) is 19.8. The smallest absolute Gasteiger partial charge is 0.239 e. The lowest BCUT2D eigenvalue weighted by Crippen LogP contribution is -2.57. The molecule has 2 aliphatic heterocycles. The summed E-state index contributed by atoms with van der Waals surface area (Å²) in [5.41, 5.74) is 3.14. The van der Waals surface area contributed by atoms with Crippen molar-refractivity contribution in [2.75, 3.05) is 52.4 Å². The van der Waals surface area contributed by atoms with Crippen molar-refractivity contribution in [3.05, 3.63) is 35.4 Å². The van der Waals surface area contributed by atoms with Crippen molar-refractivity contribution in [3.63, 3.8) is 0 Å². The lowest BCUT2D eigenvalue weighted by Gasteiger charge is -2.39. The molecule has 1 aromatic rings. The summed E-state index contributed by atoms with van der Waals surface area (Å²) in [6.45, 7) is 11.6. The van der Waals surface area contributed by atoms with Crippen LogP contribution in [0.1, 0.15) is 50.2 Å². The van der Waals surface area contributed by atoms with Gasteiger partial charge in [-0.1, -0.05) is 24.3 Å². The number of carbonyl (C=O) groups is 1. The molecule has 6 heteroatoms. The summed E-state index contributed by atoms with van der Waals surface area (Å²) in [7, 11) is 0. The second-order valence-corrected chi connectivity index (χ2v) is 10.0. The fourth-order valence-corrected chi connectivity index (χ4v) is 6.25. The van der Waals surface area contributed by atoms with Gasteiger partial charge in [-0.15, -0.1) is 0 Å². The number of amides is 1. The third-order valence-corrected chi connectivity index (χ3v) is 8.22. The lowest BCUT2D eigenvalue weighted by atomic mass is 9.92. The van der Waals surface area contributed by atoms with Gasteiger partial charge in [-0.05, 0) is 68.4 Å². The predicted octanol–water partition coefficient (Wildman–Crippen LogP) is 2.56. The molecule has 0 radical (unpaired) electrons. The van der Waals surface area contributed by atoms with Gasteiger partial charge < -0.3 is 15.1 Å². The Labute approximate surface area is 193 Å². The molecule has 6 nitrogen and oxygen atoms in total. The number of rotatable bonds is 5. The Bertz CT molecular complexity index is 840. The van der Waals surface area contributed by atoms with E-state index < -0.39 is 0 Å². The molecule has 1 N–H and O–H groups in total. The Hall–Kier alpha value is -2.08. The molecule has 2 heterocycles. The number of piperazine rings is 1. The van der Waals surface area contributed by atoms with Crippen LogP contribution in [-0.4, -0.2) is 85.0 Å². The summed E-state index contributed by atoms with van der Waals surface area (Å²) >= 11 is 0. The molecule has 0 spiro atoms. The Balaban J connectivity index is 1.17. The number of fused-ring (bicyclic) bond motifs is 3. The topological polar surface area (TPSA) is 51.2 Å². The van der Waals surface area contributed by atoms with Gasteiger partial charge in [0.15, 0.2) is 5.96 Å². The molecule has 32 heavy (non-hydrogen) atoms. The van der Waals surface area contributed by atoms with Gasteiger partial charge in [0, 0.05) is 52.4 Å². The molecule has 1 amide bonds. The van der Waals surface area contributed by atoms with Crippen LogP contribution in [0.5, 0.6) is 0 Å². The normalized spacial score (nSPS) is 28.8. The summed E-state index contributed by atoms with van der Waals surface area (Å²) in [6.07, 6.45) is 4.86. The molecule has 4 unspecified atom stereocenters. The number of nitrogens with one attached hydrogen (secondary N) is 1. The van der Waals surface area contributed by atoms with E-state index in [1.54, 1.807) is 11.1 Å². The van der Waals surface area contributed by atoms with Crippen molar-refractivity contribution in [3.8, 4) is 0 Å². The summed E-state index contributed by atoms with van der Waals surface area (Å²) in [4.78, 5) is 24.7. The monoisotopic (exact) mass is 437 g/mol. The second kappa shape index (κ2) is 9.42. The number of benzene rings is 1. The van der Waals surface area contributed by atoms with Gasteiger partial charge in [-0.3, -0.25) is 14.7 Å². The zero-order chi connectivity index (χ0) is 22.1. The first-order valence-electron chi connectivity index (χ1n) is 12.8. The zero-order valence-corrected chi connectivity index (χ0v) is 19.8. The Morgan fingerprint density at radius 1 is 1.09 bits per heavy atom. The van der Waals surface area contributed by atoms with Crippen LogP contribution in [0.3, 0.4) is 0 Å². The molecule has 2 aliphatic carbocycles. The maximum atomic E-state index is 12.8. The summed E-state index contributed by atoms with van der Waals surface area (Å²) in [5, 5.41) is 3.53. The van der Waals surface area contributed by atoms with E-state index in [4.69, 9.17) is 4.99 Å². The summed E-state index contributed by atoms with van der Waals surface area (Å²) in [5.74, 6) is 3.62. The first kappa shape index (κ1) is 21.7. The maximum absolute atomic E-state index is 12.8. The number of carbonyl (C=O) groups excluding carboxylic acids is 1. The quantitative estimate of drug-likeness (QED) is 0.568. The molecule has 3 fully saturated rings.